The van der Waals surface area contributed by atoms with Crippen LogP contribution in [0.2, 0.25) is 0 Å². The van der Waals surface area contributed by atoms with Gasteiger partial charge in [-0.3, -0.25) is 4.79 Å². The standard InChI is InChI=1S/C9H17NO3S/c1-9(2,3)13-8(12)10(4)6-5-7(11)14/h5-6H2,1-4H3,(H,11,14). The lowest BCUT2D eigenvalue weighted by atomic mass is 10.2. The van der Waals surface area contributed by atoms with Gasteiger partial charge in [-0.25, -0.2) is 4.79 Å². The van der Waals surface area contributed by atoms with Crippen molar-refractivity contribution in [2.75, 3.05) is 13.6 Å². The van der Waals surface area contributed by atoms with Crippen LogP contribution in [0.5, 0.6) is 0 Å². The molecule has 0 saturated heterocycles. The molecule has 0 atom stereocenters. The first-order chi connectivity index (χ1) is 6.22. The Hall–Kier alpha value is -0.710. The summed E-state index contributed by atoms with van der Waals surface area (Å²) in [7, 11) is 1.59. The minimum Gasteiger partial charge on any atom is -0.444 e. The molecule has 0 unspecified atom stereocenters. The molecule has 0 aliphatic rings. The highest BCUT2D eigenvalue weighted by molar-refractivity contribution is 7.96. The second-order valence-electron chi connectivity index (χ2n) is 4.05. The van der Waals surface area contributed by atoms with Crippen molar-refractivity contribution < 1.29 is 14.3 Å². The van der Waals surface area contributed by atoms with Crippen molar-refractivity contribution in [3.63, 3.8) is 0 Å². The van der Waals surface area contributed by atoms with Crippen LogP contribution in [0.3, 0.4) is 0 Å². The lowest BCUT2D eigenvalue weighted by Gasteiger charge is -2.24. The first kappa shape index (κ1) is 13.3. The van der Waals surface area contributed by atoms with E-state index in [4.69, 9.17) is 4.74 Å². The number of ether oxygens (including phenoxy) is 1. The minimum absolute atomic E-state index is 0.235. The Morgan fingerprint density at radius 2 is 1.86 bits per heavy atom. The monoisotopic (exact) mass is 219 g/mol. The number of nitrogens with zero attached hydrogens (tertiary/aromatic N) is 1. The average Bonchev–Trinajstić information content (AvgIpc) is 1.96. The Morgan fingerprint density at radius 3 is 2.21 bits per heavy atom. The van der Waals surface area contributed by atoms with E-state index in [1.165, 1.54) is 4.90 Å². The first-order valence-electron chi connectivity index (χ1n) is 4.38. The zero-order chi connectivity index (χ0) is 11.4. The fraction of sp³-hybridized carbons (Fsp3) is 0.778. The second-order valence-corrected chi connectivity index (χ2v) is 4.54. The highest BCUT2D eigenvalue weighted by Gasteiger charge is 2.19. The highest BCUT2D eigenvalue weighted by atomic mass is 32.1. The zero-order valence-corrected chi connectivity index (χ0v) is 9.93. The van der Waals surface area contributed by atoms with Crippen LogP contribution < -0.4 is 0 Å². The molecule has 1 amide bonds. The normalized spacial score (nSPS) is 10.9. The molecule has 0 heterocycles. The summed E-state index contributed by atoms with van der Waals surface area (Å²) in [5, 5.41) is -0.236. The van der Waals surface area contributed by atoms with Gasteiger partial charge in [0.2, 0.25) is 0 Å². The number of thiol groups is 1. The Bertz CT molecular complexity index is 223. The molecule has 0 aromatic heterocycles. The Kier molecular flexibility index (Phi) is 4.97. The molecule has 0 saturated carbocycles. The van der Waals surface area contributed by atoms with Crippen molar-refractivity contribution in [1.82, 2.24) is 4.90 Å². The van der Waals surface area contributed by atoms with Gasteiger partial charge >= 0.3 is 6.09 Å². The van der Waals surface area contributed by atoms with Gasteiger partial charge in [-0.15, -0.1) is 12.6 Å². The van der Waals surface area contributed by atoms with E-state index < -0.39 is 11.7 Å². The Balaban J connectivity index is 3.94. The van der Waals surface area contributed by atoms with Crippen molar-refractivity contribution in [3.8, 4) is 0 Å². The topological polar surface area (TPSA) is 46.6 Å². The third-order valence-electron chi connectivity index (χ3n) is 1.37. The summed E-state index contributed by atoms with van der Waals surface area (Å²) < 4.78 is 5.08. The number of rotatable bonds is 3. The maximum atomic E-state index is 11.3. The zero-order valence-electron chi connectivity index (χ0n) is 9.03. The van der Waals surface area contributed by atoms with Crippen LogP contribution in [0.15, 0.2) is 0 Å². The van der Waals surface area contributed by atoms with Crippen LogP contribution in [0.25, 0.3) is 0 Å². The van der Waals surface area contributed by atoms with Crippen LogP contribution in [0, 0.1) is 0 Å². The molecule has 14 heavy (non-hydrogen) atoms. The van der Waals surface area contributed by atoms with Crippen molar-refractivity contribution in [2.24, 2.45) is 0 Å². The van der Waals surface area contributed by atoms with Crippen LogP contribution in [0.1, 0.15) is 27.2 Å². The van der Waals surface area contributed by atoms with Crippen molar-refractivity contribution in [1.29, 1.82) is 0 Å². The summed E-state index contributed by atoms with van der Waals surface area (Å²) in [6.07, 6.45) is -0.189. The van der Waals surface area contributed by atoms with Crippen LogP contribution in [-0.4, -0.2) is 35.3 Å². The van der Waals surface area contributed by atoms with Gasteiger partial charge in [0.1, 0.15) is 5.60 Å². The molecule has 5 heteroatoms. The minimum atomic E-state index is -0.504. The predicted octanol–water partition coefficient (Wildman–Crippen LogP) is 1.70. The molecule has 82 valence electrons. The van der Waals surface area contributed by atoms with Crippen molar-refractivity contribution >= 4 is 23.8 Å². The Morgan fingerprint density at radius 1 is 1.36 bits per heavy atom. The van der Waals surface area contributed by atoms with E-state index in [0.717, 1.165) is 0 Å². The third kappa shape index (κ3) is 6.77. The number of carbonyl (C=O) groups is 2. The molecular weight excluding hydrogens is 202 g/mol. The summed E-state index contributed by atoms with van der Waals surface area (Å²) in [6, 6.07) is 0. The van der Waals surface area contributed by atoms with Crippen LogP contribution in [0.4, 0.5) is 4.79 Å². The molecule has 0 spiro atoms. The number of hydrogen-bond donors (Lipinski definition) is 1. The van der Waals surface area contributed by atoms with Gasteiger partial charge in [0, 0.05) is 20.0 Å². The Labute approximate surface area is 90.0 Å². The van der Waals surface area contributed by atoms with Gasteiger partial charge in [-0.2, -0.15) is 0 Å². The SMILES string of the molecule is CN(CCC(=O)S)C(=O)OC(C)(C)C. The van der Waals surface area contributed by atoms with Gasteiger partial charge in [-0.05, 0) is 20.8 Å². The van der Waals surface area contributed by atoms with Gasteiger partial charge in [0.05, 0.1) is 0 Å². The molecule has 0 aliphatic heterocycles. The second kappa shape index (κ2) is 5.24. The molecule has 4 nitrogen and oxygen atoms in total. The van der Waals surface area contributed by atoms with Crippen molar-refractivity contribution in [3.05, 3.63) is 0 Å². The van der Waals surface area contributed by atoms with Crippen molar-refractivity contribution in [2.45, 2.75) is 32.8 Å². The quantitative estimate of drug-likeness (QED) is 0.735. The maximum absolute atomic E-state index is 11.3. The van der Waals surface area contributed by atoms with Crippen LogP contribution >= 0.6 is 12.6 Å². The fourth-order valence-corrected chi connectivity index (χ4v) is 0.794. The van der Waals surface area contributed by atoms with Gasteiger partial charge in [0.25, 0.3) is 0 Å². The molecule has 0 aromatic rings. The smallest absolute Gasteiger partial charge is 0.410 e. The maximum Gasteiger partial charge on any atom is 0.410 e. The number of hydrogen-bond acceptors (Lipinski definition) is 3. The number of amides is 1. The lowest BCUT2D eigenvalue weighted by Crippen LogP contribution is -2.35. The molecule has 0 fully saturated rings. The third-order valence-corrected chi connectivity index (χ3v) is 1.59. The van der Waals surface area contributed by atoms with E-state index in [2.05, 4.69) is 12.6 Å². The summed E-state index contributed by atoms with van der Waals surface area (Å²) in [5.74, 6) is 0. The molecule has 0 bridgehead atoms. The van der Waals surface area contributed by atoms with Gasteiger partial charge in [-0.1, -0.05) is 0 Å². The summed E-state index contributed by atoms with van der Waals surface area (Å²) >= 11 is 3.61. The molecule has 0 N–H and O–H groups in total. The highest BCUT2D eigenvalue weighted by Crippen LogP contribution is 2.09. The summed E-state index contributed by atoms with van der Waals surface area (Å²) in [6.45, 7) is 5.71. The molecule has 0 rings (SSSR count). The number of carbonyl (C=O) groups excluding carboxylic acids is 2. The molecule has 0 aromatic carbocycles. The molecular formula is C9H17NO3S. The first-order valence-corrected chi connectivity index (χ1v) is 4.83. The lowest BCUT2D eigenvalue weighted by molar-refractivity contribution is -0.111. The van der Waals surface area contributed by atoms with E-state index >= 15 is 0 Å². The van der Waals surface area contributed by atoms with E-state index in [-0.39, 0.29) is 11.5 Å². The van der Waals surface area contributed by atoms with E-state index in [9.17, 15) is 9.59 Å². The largest absolute Gasteiger partial charge is 0.444 e. The van der Waals surface area contributed by atoms with Gasteiger partial charge in [0.15, 0.2) is 5.12 Å². The summed E-state index contributed by atoms with van der Waals surface area (Å²) in [4.78, 5) is 23.2. The molecule has 0 aliphatic carbocycles. The van der Waals surface area contributed by atoms with E-state index in [0.29, 0.717) is 6.54 Å². The van der Waals surface area contributed by atoms with Crippen LogP contribution in [-0.2, 0) is 9.53 Å². The van der Waals surface area contributed by atoms with E-state index in [1.54, 1.807) is 27.8 Å². The predicted molar refractivity (Wildman–Crippen MR) is 57.5 cm³/mol. The van der Waals surface area contributed by atoms with Gasteiger partial charge < -0.3 is 9.64 Å². The molecule has 0 radical (unpaired) electrons. The van der Waals surface area contributed by atoms with E-state index in [1.807, 2.05) is 0 Å². The average molecular weight is 219 g/mol. The fourth-order valence-electron chi connectivity index (χ4n) is 0.694. The summed E-state index contributed by atoms with van der Waals surface area (Å²) in [5.41, 5.74) is -0.504.